The van der Waals surface area contributed by atoms with Crippen molar-refractivity contribution in [2.24, 2.45) is 5.73 Å². The van der Waals surface area contributed by atoms with Crippen LogP contribution in [0.2, 0.25) is 0 Å². The molecule has 0 amide bonds. The molecule has 1 heterocycles. The minimum absolute atomic E-state index is 0. The summed E-state index contributed by atoms with van der Waals surface area (Å²) in [5.74, 6) is -0.0353. The van der Waals surface area contributed by atoms with E-state index in [0.29, 0.717) is 0 Å². The summed E-state index contributed by atoms with van der Waals surface area (Å²) < 4.78 is 42.5. The molecule has 0 aliphatic rings. The van der Waals surface area contributed by atoms with Crippen molar-refractivity contribution >= 4 is 18.4 Å². The first-order valence-electron chi connectivity index (χ1n) is 4.89. The fourth-order valence-electron chi connectivity index (χ4n) is 1.42. The van der Waals surface area contributed by atoms with Crippen molar-refractivity contribution in [3.8, 4) is 0 Å². The Morgan fingerprint density at radius 3 is 2.42 bits per heavy atom. The largest absolute Gasteiger partial charge is 0.416 e. The average molecular weight is 295 g/mol. The summed E-state index contributed by atoms with van der Waals surface area (Å²) in [7, 11) is 0. The summed E-state index contributed by atoms with van der Waals surface area (Å²) >= 11 is 0. The van der Waals surface area contributed by atoms with Crippen LogP contribution in [0.1, 0.15) is 23.1 Å². The number of halogens is 4. The van der Waals surface area contributed by atoms with E-state index in [1.54, 1.807) is 0 Å². The van der Waals surface area contributed by atoms with Gasteiger partial charge in [0.1, 0.15) is 6.04 Å². The maximum absolute atomic E-state index is 12.5. The molecule has 2 rings (SSSR count). The van der Waals surface area contributed by atoms with E-state index in [0.717, 1.165) is 12.1 Å². The SMILES string of the molecule is Cl.Nc1nnc(C(N)c2cccc(C(F)(F)F)c2)o1. The number of hydrogen-bond donors (Lipinski definition) is 2. The molecule has 0 saturated heterocycles. The van der Waals surface area contributed by atoms with Crippen LogP contribution < -0.4 is 11.5 Å². The molecule has 0 aliphatic heterocycles. The van der Waals surface area contributed by atoms with Gasteiger partial charge >= 0.3 is 12.2 Å². The molecule has 1 atom stereocenters. The van der Waals surface area contributed by atoms with Gasteiger partial charge in [-0.3, -0.25) is 0 Å². The monoisotopic (exact) mass is 294 g/mol. The Kier molecular flexibility index (Phi) is 4.38. The smallest absolute Gasteiger partial charge is 0.406 e. The van der Waals surface area contributed by atoms with Gasteiger partial charge in [-0.2, -0.15) is 13.2 Å². The first kappa shape index (κ1) is 15.3. The predicted octanol–water partition coefficient (Wildman–Crippen LogP) is 2.14. The van der Waals surface area contributed by atoms with E-state index in [4.69, 9.17) is 15.9 Å². The molecule has 9 heteroatoms. The average Bonchev–Trinajstić information content (AvgIpc) is 2.74. The summed E-state index contributed by atoms with van der Waals surface area (Å²) in [6.07, 6.45) is -4.43. The summed E-state index contributed by atoms with van der Waals surface area (Å²) in [6, 6.07) is 3.46. The van der Waals surface area contributed by atoms with Crippen molar-refractivity contribution in [3.05, 3.63) is 41.3 Å². The highest BCUT2D eigenvalue weighted by Crippen LogP contribution is 2.31. The van der Waals surface area contributed by atoms with Crippen molar-refractivity contribution in [1.82, 2.24) is 10.2 Å². The van der Waals surface area contributed by atoms with E-state index >= 15 is 0 Å². The van der Waals surface area contributed by atoms with E-state index in [9.17, 15) is 13.2 Å². The molecule has 0 radical (unpaired) electrons. The molecule has 1 aromatic carbocycles. The molecule has 2 aromatic rings. The maximum atomic E-state index is 12.5. The first-order valence-corrected chi connectivity index (χ1v) is 4.89. The summed E-state index contributed by atoms with van der Waals surface area (Å²) in [4.78, 5) is 0. The number of rotatable bonds is 2. The molecule has 0 bridgehead atoms. The van der Waals surface area contributed by atoms with Crippen molar-refractivity contribution in [3.63, 3.8) is 0 Å². The number of alkyl halides is 3. The van der Waals surface area contributed by atoms with Gasteiger partial charge in [0.25, 0.3) is 0 Å². The molecule has 5 nitrogen and oxygen atoms in total. The lowest BCUT2D eigenvalue weighted by atomic mass is 10.0. The fraction of sp³-hybridized carbons (Fsp3) is 0.200. The van der Waals surface area contributed by atoms with Gasteiger partial charge in [0.05, 0.1) is 5.56 Å². The van der Waals surface area contributed by atoms with Crippen molar-refractivity contribution in [2.75, 3.05) is 5.73 Å². The molecule has 1 unspecified atom stereocenters. The maximum Gasteiger partial charge on any atom is 0.416 e. The third-order valence-corrected chi connectivity index (χ3v) is 2.30. The van der Waals surface area contributed by atoms with E-state index < -0.39 is 17.8 Å². The second-order valence-corrected chi connectivity index (χ2v) is 3.58. The molecule has 19 heavy (non-hydrogen) atoms. The van der Waals surface area contributed by atoms with Crippen LogP contribution in [0.3, 0.4) is 0 Å². The molecule has 4 N–H and O–H groups in total. The highest BCUT2D eigenvalue weighted by atomic mass is 35.5. The molecule has 0 aliphatic carbocycles. The first-order chi connectivity index (χ1) is 8.38. The van der Waals surface area contributed by atoms with Gasteiger partial charge in [0.2, 0.25) is 5.89 Å². The van der Waals surface area contributed by atoms with Crippen LogP contribution in [0.25, 0.3) is 0 Å². The number of nitrogens with two attached hydrogens (primary N) is 2. The van der Waals surface area contributed by atoms with Gasteiger partial charge in [-0.05, 0) is 17.7 Å². The number of benzene rings is 1. The number of nitrogen functional groups attached to an aromatic ring is 1. The highest BCUT2D eigenvalue weighted by Gasteiger charge is 2.31. The third kappa shape index (κ3) is 3.36. The molecule has 0 saturated carbocycles. The number of nitrogens with zero attached hydrogens (tertiary/aromatic N) is 2. The second kappa shape index (κ2) is 5.45. The van der Waals surface area contributed by atoms with Crippen molar-refractivity contribution in [2.45, 2.75) is 12.2 Å². The number of hydrogen-bond acceptors (Lipinski definition) is 5. The molecule has 0 fully saturated rings. The molecule has 1 aromatic heterocycles. The van der Waals surface area contributed by atoms with Gasteiger partial charge in [0.15, 0.2) is 0 Å². The lowest BCUT2D eigenvalue weighted by Crippen LogP contribution is -2.14. The zero-order chi connectivity index (χ0) is 13.3. The Labute approximate surface area is 112 Å². The lowest BCUT2D eigenvalue weighted by Gasteiger charge is -2.11. The highest BCUT2D eigenvalue weighted by molar-refractivity contribution is 5.85. The van der Waals surface area contributed by atoms with Crippen LogP contribution in [0.4, 0.5) is 19.2 Å². The topological polar surface area (TPSA) is 91.0 Å². The van der Waals surface area contributed by atoms with Gasteiger partial charge in [0, 0.05) is 0 Å². The van der Waals surface area contributed by atoms with Crippen LogP contribution in [0.5, 0.6) is 0 Å². The standard InChI is InChI=1S/C10H9F3N4O.ClH/c11-10(12,13)6-3-1-2-5(4-6)7(14)8-16-17-9(15)18-8;/h1-4,7H,14H2,(H2,15,17);1H. The van der Waals surface area contributed by atoms with Crippen LogP contribution in [0, 0.1) is 0 Å². The quantitative estimate of drug-likeness (QED) is 0.885. The van der Waals surface area contributed by atoms with Gasteiger partial charge in [-0.15, -0.1) is 17.5 Å². The number of anilines is 1. The van der Waals surface area contributed by atoms with Crippen LogP contribution in [-0.4, -0.2) is 10.2 Å². The fourth-order valence-corrected chi connectivity index (χ4v) is 1.42. The Bertz CT molecular complexity index is 558. The van der Waals surface area contributed by atoms with Crippen molar-refractivity contribution in [1.29, 1.82) is 0 Å². The zero-order valence-electron chi connectivity index (χ0n) is 9.39. The summed E-state index contributed by atoms with van der Waals surface area (Å²) in [5.41, 5.74) is 10.4. The molecular weight excluding hydrogens is 285 g/mol. The third-order valence-electron chi connectivity index (χ3n) is 2.30. The Morgan fingerprint density at radius 1 is 1.21 bits per heavy atom. The lowest BCUT2D eigenvalue weighted by molar-refractivity contribution is -0.137. The minimum atomic E-state index is -4.43. The van der Waals surface area contributed by atoms with Crippen molar-refractivity contribution < 1.29 is 17.6 Å². The molecular formula is C10H10ClF3N4O. The van der Waals surface area contributed by atoms with E-state index in [1.807, 2.05) is 0 Å². The van der Waals surface area contributed by atoms with Gasteiger partial charge in [-0.25, -0.2) is 0 Å². The Hall–Kier alpha value is -1.80. The van der Waals surface area contributed by atoms with Crippen LogP contribution >= 0.6 is 12.4 Å². The van der Waals surface area contributed by atoms with E-state index in [1.165, 1.54) is 12.1 Å². The second-order valence-electron chi connectivity index (χ2n) is 3.58. The van der Waals surface area contributed by atoms with Crippen LogP contribution in [-0.2, 0) is 6.18 Å². The molecule has 104 valence electrons. The van der Waals surface area contributed by atoms with E-state index in [2.05, 4.69) is 10.2 Å². The summed E-state index contributed by atoms with van der Waals surface area (Å²) in [6.45, 7) is 0. The van der Waals surface area contributed by atoms with Gasteiger partial charge in [-0.1, -0.05) is 17.2 Å². The summed E-state index contributed by atoms with van der Waals surface area (Å²) in [5, 5.41) is 6.93. The predicted molar refractivity (Wildman–Crippen MR) is 63.4 cm³/mol. The molecule has 0 spiro atoms. The van der Waals surface area contributed by atoms with E-state index in [-0.39, 0.29) is 29.9 Å². The Morgan fingerprint density at radius 2 is 1.89 bits per heavy atom. The Balaban J connectivity index is 0.00000180. The number of aromatic nitrogens is 2. The minimum Gasteiger partial charge on any atom is -0.406 e. The zero-order valence-corrected chi connectivity index (χ0v) is 10.2. The van der Waals surface area contributed by atoms with Gasteiger partial charge < -0.3 is 15.9 Å². The van der Waals surface area contributed by atoms with Crippen LogP contribution in [0.15, 0.2) is 28.7 Å². The normalized spacial score (nSPS) is 12.8.